The Morgan fingerprint density at radius 1 is 1.55 bits per heavy atom. The highest BCUT2D eigenvalue weighted by molar-refractivity contribution is 5.21. The van der Waals surface area contributed by atoms with Crippen molar-refractivity contribution in [2.24, 2.45) is 5.92 Å². The lowest BCUT2D eigenvalue weighted by atomic mass is 9.87. The van der Waals surface area contributed by atoms with E-state index in [9.17, 15) is 5.11 Å². The molecule has 0 amide bonds. The summed E-state index contributed by atoms with van der Waals surface area (Å²) in [6, 6.07) is 0. The van der Waals surface area contributed by atoms with Crippen LogP contribution in [0.25, 0.3) is 0 Å². The summed E-state index contributed by atoms with van der Waals surface area (Å²) in [6.07, 6.45) is 10.3. The lowest BCUT2D eigenvalue weighted by molar-refractivity contribution is 0.0385. The van der Waals surface area contributed by atoms with E-state index in [1.165, 1.54) is 0 Å². The molecule has 0 aromatic carbocycles. The smallest absolute Gasteiger partial charge is 0.0750 e. The van der Waals surface area contributed by atoms with Crippen LogP contribution >= 0.6 is 0 Å². The largest absolute Gasteiger partial charge is 0.389 e. The third-order valence-corrected chi connectivity index (χ3v) is 2.02. The van der Waals surface area contributed by atoms with Gasteiger partial charge in [-0.1, -0.05) is 30.4 Å². The Hall–Kier alpha value is -0.820. The Kier molecular flexibility index (Phi) is 2.30. The molecule has 1 N–H and O–H groups in total. The van der Waals surface area contributed by atoms with Gasteiger partial charge in [-0.05, 0) is 13.3 Å². The number of aliphatic hydroxyl groups is 1. The molecule has 1 rings (SSSR count). The normalized spacial score (nSPS) is 22.0. The van der Waals surface area contributed by atoms with Gasteiger partial charge in [0, 0.05) is 5.92 Å². The Bertz CT molecular complexity index is 187. The first-order chi connectivity index (χ1) is 5.17. The summed E-state index contributed by atoms with van der Waals surface area (Å²) in [7, 11) is 0. The topological polar surface area (TPSA) is 20.2 Å². The first-order valence-corrected chi connectivity index (χ1v) is 3.85. The maximum atomic E-state index is 9.84. The van der Waals surface area contributed by atoms with Gasteiger partial charge >= 0.3 is 0 Å². The summed E-state index contributed by atoms with van der Waals surface area (Å²) >= 11 is 0. The second-order valence-electron chi connectivity index (χ2n) is 3.15. The maximum absolute atomic E-state index is 9.84. The summed E-state index contributed by atoms with van der Waals surface area (Å²) in [5.74, 6) is 0.153. The first-order valence-electron chi connectivity index (χ1n) is 3.85. The number of rotatable bonds is 3. The van der Waals surface area contributed by atoms with Gasteiger partial charge in [0.15, 0.2) is 0 Å². The molecule has 1 aliphatic rings. The second kappa shape index (κ2) is 3.05. The summed E-state index contributed by atoms with van der Waals surface area (Å²) in [5.41, 5.74) is -0.661. The van der Waals surface area contributed by atoms with Crippen LogP contribution in [0, 0.1) is 5.92 Å². The standard InChI is InChI=1S/C10H14O/c1-3-8-10(2,11)9-6-4-5-7-9/h3-7,9,11H,1,8H2,2H3. The van der Waals surface area contributed by atoms with Crippen LogP contribution in [0.15, 0.2) is 37.0 Å². The van der Waals surface area contributed by atoms with Crippen molar-refractivity contribution in [3.63, 3.8) is 0 Å². The molecule has 0 radical (unpaired) electrons. The molecular formula is C10H14O. The summed E-state index contributed by atoms with van der Waals surface area (Å²) in [6.45, 7) is 5.44. The van der Waals surface area contributed by atoms with Gasteiger partial charge in [-0.2, -0.15) is 0 Å². The molecule has 1 heteroatoms. The summed E-state index contributed by atoms with van der Waals surface area (Å²) in [4.78, 5) is 0. The van der Waals surface area contributed by atoms with E-state index < -0.39 is 5.60 Å². The zero-order valence-corrected chi connectivity index (χ0v) is 6.83. The van der Waals surface area contributed by atoms with Gasteiger partial charge in [-0.15, -0.1) is 6.58 Å². The fourth-order valence-electron chi connectivity index (χ4n) is 1.27. The lowest BCUT2D eigenvalue weighted by Crippen LogP contribution is -2.30. The Labute approximate surface area is 67.7 Å². The Morgan fingerprint density at radius 3 is 2.55 bits per heavy atom. The zero-order chi connectivity index (χ0) is 8.32. The van der Waals surface area contributed by atoms with Crippen molar-refractivity contribution in [3.05, 3.63) is 37.0 Å². The minimum Gasteiger partial charge on any atom is -0.389 e. The van der Waals surface area contributed by atoms with Gasteiger partial charge in [-0.3, -0.25) is 0 Å². The average Bonchev–Trinajstić information content (AvgIpc) is 2.37. The van der Waals surface area contributed by atoms with Crippen LogP contribution in [0.1, 0.15) is 13.3 Å². The highest BCUT2D eigenvalue weighted by Gasteiger charge is 2.27. The number of hydrogen-bond acceptors (Lipinski definition) is 1. The van der Waals surface area contributed by atoms with E-state index in [0.717, 1.165) is 0 Å². The summed E-state index contributed by atoms with van der Waals surface area (Å²) in [5, 5.41) is 9.84. The molecule has 0 aromatic rings. The molecule has 11 heavy (non-hydrogen) atoms. The van der Waals surface area contributed by atoms with E-state index in [2.05, 4.69) is 6.58 Å². The lowest BCUT2D eigenvalue weighted by Gasteiger charge is -2.26. The quantitative estimate of drug-likeness (QED) is 0.610. The third kappa shape index (κ3) is 1.81. The molecule has 1 atom stereocenters. The van der Waals surface area contributed by atoms with Crippen molar-refractivity contribution >= 4 is 0 Å². The van der Waals surface area contributed by atoms with Crippen molar-refractivity contribution in [1.29, 1.82) is 0 Å². The van der Waals surface area contributed by atoms with Crippen molar-refractivity contribution in [2.45, 2.75) is 18.9 Å². The van der Waals surface area contributed by atoms with Crippen LogP contribution in [0.4, 0.5) is 0 Å². The van der Waals surface area contributed by atoms with Crippen molar-refractivity contribution in [2.75, 3.05) is 0 Å². The highest BCUT2D eigenvalue weighted by Crippen LogP contribution is 2.26. The van der Waals surface area contributed by atoms with Gasteiger partial charge in [-0.25, -0.2) is 0 Å². The fraction of sp³-hybridized carbons (Fsp3) is 0.400. The minimum absolute atomic E-state index is 0.153. The van der Waals surface area contributed by atoms with Crippen LogP contribution in [0.2, 0.25) is 0 Å². The van der Waals surface area contributed by atoms with Crippen LogP contribution in [0.3, 0.4) is 0 Å². The molecule has 0 fully saturated rings. The molecule has 0 aromatic heterocycles. The fourth-order valence-corrected chi connectivity index (χ4v) is 1.27. The monoisotopic (exact) mass is 150 g/mol. The molecule has 0 spiro atoms. The zero-order valence-electron chi connectivity index (χ0n) is 6.83. The van der Waals surface area contributed by atoms with Crippen LogP contribution in [0.5, 0.6) is 0 Å². The average molecular weight is 150 g/mol. The van der Waals surface area contributed by atoms with E-state index in [1.807, 2.05) is 31.2 Å². The minimum atomic E-state index is -0.661. The molecule has 1 aliphatic carbocycles. The Balaban J connectivity index is 2.63. The van der Waals surface area contributed by atoms with Crippen molar-refractivity contribution in [1.82, 2.24) is 0 Å². The van der Waals surface area contributed by atoms with Crippen LogP contribution < -0.4 is 0 Å². The number of allylic oxidation sites excluding steroid dienone is 2. The van der Waals surface area contributed by atoms with Gasteiger partial charge in [0.1, 0.15) is 0 Å². The molecule has 0 saturated carbocycles. The van der Waals surface area contributed by atoms with Crippen molar-refractivity contribution in [3.8, 4) is 0 Å². The summed E-state index contributed by atoms with van der Waals surface area (Å²) < 4.78 is 0. The highest BCUT2D eigenvalue weighted by atomic mass is 16.3. The predicted octanol–water partition coefficient (Wildman–Crippen LogP) is 2.06. The molecule has 0 bridgehead atoms. The van der Waals surface area contributed by atoms with E-state index in [1.54, 1.807) is 6.08 Å². The molecular weight excluding hydrogens is 136 g/mol. The Morgan fingerprint density at radius 2 is 2.09 bits per heavy atom. The molecule has 1 unspecified atom stereocenters. The van der Waals surface area contributed by atoms with E-state index in [4.69, 9.17) is 0 Å². The van der Waals surface area contributed by atoms with E-state index >= 15 is 0 Å². The van der Waals surface area contributed by atoms with Gasteiger partial charge < -0.3 is 5.11 Å². The van der Waals surface area contributed by atoms with Gasteiger partial charge in [0.2, 0.25) is 0 Å². The van der Waals surface area contributed by atoms with E-state index in [0.29, 0.717) is 6.42 Å². The molecule has 60 valence electrons. The van der Waals surface area contributed by atoms with Crippen molar-refractivity contribution < 1.29 is 5.11 Å². The molecule has 0 aliphatic heterocycles. The van der Waals surface area contributed by atoms with Gasteiger partial charge in [0.05, 0.1) is 5.60 Å². The first kappa shape index (κ1) is 8.28. The van der Waals surface area contributed by atoms with E-state index in [-0.39, 0.29) is 5.92 Å². The second-order valence-corrected chi connectivity index (χ2v) is 3.15. The van der Waals surface area contributed by atoms with Gasteiger partial charge in [0.25, 0.3) is 0 Å². The number of hydrogen-bond donors (Lipinski definition) is 1. The molecule has 0 heterocycles. The SMILES string of the molecule is C=CCC(C)(O)C1C=CC=C1. The molecule has 0 saturated heterocycles. The third-order valence-electron chi connectivity index (χ3n) is 2.02. The predicted molar refractivity (Wildman–Crippen MR) is 47.2 cm³/mol. The van der Waals surface area contributed by atoms with Crippen LogP contribution in [-0.2, 0) is 0 Å². The maximum Gasteiger partial charge on any atom is 0.0750 e. The van der Waals surface area contributed by atoms with Crippen LogP contribution in [-0.4, -0.2) is 10.7 Å². The molecule has 1 nitrogen and oxygen atoms in total.